The van der Waals surface area contributed by atoms with E-state index in [9.17, 15) is 14.7 Å². The van der Waals surface area contributed by atoms with E-state index >= 15 is 0 Å². The summed E-state index contributed by atoms with van der Waals surface area (Å²) in [6, 6.07) is 16.9. The van der Waals surface area contributed by atoms with Gasteiger partial charge in [-0.05, 0) is 71.1 Å². The fraction of sp³-hybridized carbons (Fsp3) is 0.154. The minimum Gasteiger partial charge on any atom is -0.508 e. The van der Waals surface area contributed by atoms with Gasteiger partial charge >= 0.3 is 6.09 Å². The van der Waals surface area contributed by atoms with Crippen LogP contribution < -0.4 is 25.8 Å². The summed E-state index contributed by atoms with van der Waals surface area (Å²) in [7, 11) is 0. The number of phenols is 1. The zero-order chi connectivity index (χ0) is 25.7. The van der Waals surface area contributed by atoms with Gasteiger partial charge in [0.2, 0.25) is 12.7 Å². The number of amides is 2. The third-order valence-corrected chi connectivity index (χ3v) is 6.07. The number of hydrogen-bond donors (Lipinski definition) is 4. The minimum atomic E-state index is -0.889. The summed E-state index contributed by atoms with van der Waals surface area (Å²) in [6.07, 6.45) is 1.32. The number of nitrogens with two attached hydrogens (primary N) is 1. The maximum absolute atomic E-state index is 12.8. The molecule has 0 spiro atoms. The van der Waals surface area contributed by atoms with Crippen molar-refractivity contribution in [1.29, 1.82) is 0 Å². The van der Waals surface area contributed by atoms with Crippen LogP contribution in [-0.2, 0) is 9.53 Å². The lowest BCUT2D eigenvalue weighted by Gasteiger charge is -2.24. The molecule has 1 aliphatic heterocycles. The predicted molar refractivity (Wildman–Crippen MR) is 144 cm³/mol. The molecule has 0 fully saturated rings. The number of halogens is 1. The predicted octanol–water partition coefficient (Wildman–Crippen LogP) is 5.43. The topological polar surface area (TPSA) is 132 Å². The molecule has 0 saturated carbocycles. The fourth-order valence-corrected chi connectivity index (χ4v) is 4.08. The maximum Gasteiger partial charge on any atom is 0.412 e. The van der Waals surface area contributed by atoms with Gasteiger partial charge < -0.3 is 30.4 Å². The number of anilines is 3. The third-order valence-electron chi connectivity index (χ3n) is 5.40. The zero-order valence-electron chi connectivity index (χ0n) is 19.2. The van der Waals surface area contributed by atoms with Crippen LogP contribution in [0.2, 0.25) is 0 Å². The first-order valence-electron chi connectivity index (χ1n) is 11.0. The SMILES string of the molecule is C[C@@H](/C=C/C(=O)Nc1ccccc1N)[C@@H](OC(=O)Nc1ccc2c(c1)OCO2)c1cc(I)ccc1O. The van der Waals surface area contributed by atoms with Crippen LogP contribution in [0.1, 0.15) is 18.6 Å². The Morgan fingerprint density at radius 2 is 1.86 bits per heavy atom. The van der Waals surface area contributed by atoms with Crippen LogP contribution >= 0.6 is 22.6 Å². The number of rotatable bonds is 7. The lowest BCUT2D eigenvalue weighted by atomic mass is 9.96. The number of aromatic hydroxyl groups is 1. The monoisotopic (exact) mass is 601 g/mol. The van der Waals surface area contributed by atoms with E-state index in [1.165, 1.54) is 12.1 Å². The van der Waals surface area contributed by atoms with E-state index in [1.807, 2.05) is 0 Å². The van der Waals surface area contributed by atoms with Gasteiger partial charge in [-0.15, -0.1) is 0 Å². The minimum absolute atomic E-state index is 0.0296. The average Bonchev–Trinajstić information content (AvgIpc) is 3.32. The molecule has 1 heterocycles. The molecule has 0 bridgehead atoms. The first-order chi connectivity index (χ1) is 17.3. The van der Waals surface area contributed by atoms with Gasteiger partial charge in [0.05, 0.1) is 11.4 Å². The number of fused-ring (bicyclic) bond motifs is 1. The number of benzene rings is 3. The van der Waals surface area contributed by atoms with E-state index in [0.29, 0.717) is 34.1 Å². The van der Waals surface area contributed by atoms with Gasteiger partial charge in [0.25, 0.3) is 0 Å². The van der Waals surface area contributed by atoms with Crippen molar-refractivity contribution in [2.24, 2.45) is 5.92 Å². The number of carbonyl (C=O) groups excluding carboxylic acids is 2. The highest BCUT2D eigenvalue weighted by Crippen LogP contribution is 2.36. The Kier molecular flexibility index (Phi) is 7.84. The van der Waals surface area contributed by atoms with Crippen molar-refractivity contribution < 1.29 is 28.9 Å². The fourth-order valence-electron chi connectivity index (χ4n) is 3.57. The Morgan fingerprint density at radius 3 is 2.67 bits per heavy atom. The van der Waals surface area contributed by atoms with Crippen LogP contribution in [0.15, 0.2) is 72.8 Å². The molecule has 36 heavy (non-hydrogen) atoms. The molecule has 5 N–H and O–H groups in total. The molecule has 10 heteroatoms. The smallest absolute Gasteiger partial charge is 0.412 e. The van der Waals surface area contributed by atoms with Gasteiger partial charge in [0.1, 0.15) is 11.9 Å². The number of phenolic OH excluding ortho intramolecular Hbond substituents is 1. The van der Waals surface area contributed by atoms with Gasteiger partial charge in [-0.3, -0.25) is 10.1 Å². The average molecular weight is 601 g/mol. The molecule has 0 aliphatic carbocycles. The summed E-state index contributed by atoms with van der Waals surface area (Å²) >= 11 is 2.11. The van der Waals surface area contributed by atoms with Gasteiger partial charge in [0, 0.05) is 26.8 Å². The molecule has 2 amide bonds. The van der Waals surface area contributed by atoms with Crippen LogP contribution in [0.5, 0.6) is 17.2 Å². The van der Waals surface area contributed by atoms with Gasteiger partial charge in [-0.2, -0.15) is 0 Å². The second kappa shape index (κ2) is 11.2. The highest BCUT2D eigenvalue weighted by molar-refractivity contribution is 14.1. The highest BCUT2D eigenvalue weighted by Gasteiger charge is 2.26. The number of hydrogen-bond acceptors (Lipinski definition) is 7. The second-order valence-electron chi connectivity index (χ2n) is 8.02. The Labute approximate surface area is 221 Å². The molecule has 9 nitrogen and oxygen atoms in total. The van der Waals surface area contributed by atoms with Crippen molar-refractivity contribution in [3.05, 3.63) is 81.9 Å². The Hall–Kier alpha value is -3.93. The molecular weight excluding hydrogens is 577 g/mol. The van der Waals surface area contributed by atoms with Gasteiger partial charge in [0.15, 0.2) is 11.5 Å². The van der Waals surface area contributed by atoms with Crippen LogP contribution in [0, 0.1) is 9.49 Å². The second-order valence-corrected chi connectivity index (χ2v) is 9.26. The number of para-hydroxylation sites is 2. The normalized spacial score (nSPS) is 13.7. The standard InChI is InChI=1S/C26H24IN3O6/c1-15(6-11-24(32)30-20-5-3-2-4-19(20)28)25(18-12-16(27)7-9-21(18)31)36-26(33)29-17-8-10-22-23(13-17)35-14-34-22/h2-13,15,25,31H,14,28H2,1H3,(H,29,33)(H,30,32)/b11-6+/t15-,25+/m0/s1. The Bertz CT molecular complexity index is 1310. The molecule has 0 aromatic heterocycles. The van der Waals surface area contributed by atoms with E-state index in [0.717, 1.165) is 3.57 Å². The van der Waals surface area contributed by atoms with E-state index in [4.69, 9.17) is 19.9 Å². The van der Waals surface area contributed by atoms with Crippen molar-refractivity contribution in [1.82, 2.24) is 0 Å². The molecule has 3 aromatic carbocycles. The van der Waals surface area contributed by atoms with E-state index < -0.39 is 24.0 Å². The van der Waals surface area contributed by atoms with Crippen molar-refractivity contribution in [2.45, 2.75) is 13.0 Å². The Balaban J connectivity index is 1.50. The lowest BCUT2D eigenvalue weighted by molar-refractivity contribution is -0.111. The Morgan fingerprint density at radius 1 is 1.08 bits per heavy atom. The summed E-state index contributed by atoms with van der Waals surface area (Å²) in [5, 5.41) is 15.9. The van der Waals surface area contributed by atoms with Crippen LogP contribution in [0.25, 0.3) is 0 Å². The number of nitrogens with one attached hydrogen (secondary N) is 2. The molecule has 1 aliphatic rings. The number of nitrogen functional groups attached to an aromatic ring is 1. The number of carbonyl (C=O) groups is 2. The maximum atomic E-state index is 12.8. The summed E-state index contributed by atoms with van der Waals surface area (Å²) in [5.41, 5.74) is 7.68. The molecule has 4 rings (SSSR count). The summed E-state index contributed by atoms with van der Waals surface area (Å²) in [4.78, 5) is 25.3. The molecular formula is C26H24IN3O6. The van der Waals surface area contributed by atoms with Crippen LogP contribution in [-0.4, -0.2) is 23.9 Å². The van der Waals surface area contributed by atoms with Gasteiger partial charge in [-0.1, -0.05) is 25.1 Å². The molecule has 0 radical (unpaired) electrons. The van der Waals surface area contributed by atoms with Crippen molar-refractivity contribution in [2.75, 3.05) is 23.2 Å². The molecule has 186 valence electrons. The summed E-state index contributed by atoms with van der Waals surface area (Å²) in [5.74, 6) is 0.203. The van der Waals surface area contributed by atoms with E-state index in [1.54, 1.807) is 67.6 Å². The van der Waals surface area contributed by atoms with E-state index in [2.05, 4.69) is 33.2 Å². The third kappa shape index (κ3) is 6.19. The van der Waals surface area contributed by atoms with Crippen molar-refractivity contribution >= 4 is 51.7 Å². The molecule has 2 atom stereocenters. The molecule has 3 aromatic rings. The van der Waals surface area contributed by atoms with Crippen molar-refractivity contribution in [3.8, 4) is 17.2 Å². The summed E-state index contributed by atoms with van der Waals surface area (Å²) in [6.45, 7) is 1.89. The largest absolute Gasteiger partial charge is 0.508 e. The van der Waals surface area contributed by atoms with Gasteiger partial charge in [-0.25, -0.2) is 4.79 Å². The summed E-state index contributed by atoms with van der Waals surface area (Å²) < 4.78 is 17.2. The zero-order valence-corrected chi connectivity index (χ0v) is 21.4. The highest BCUT2D eigenvalue weighted by atomic mass is 127. The van der Waals surface area contributed by atoms with Crippen molar-refractivity contribution in [3.63, 3.8) is 0 Å². The number of ether oxygens (including phenoxy) is 3. The van der Waals surface area contributed by atoms with Crippen LogP contribution in [0.4, 0.5) is 21.9 Å². The quantitative estimate of drug-likeness (QED) is 0.161. The lowest BCUT2D eigenvalue weighted by Crippen LogP contribution is -2.21. The first kappa shape index (κ1) is 25.2. The molecule has 0 saturated heterocycles. The molecule has 0 unspecified atom stereocenters. The van der Waals surface area contributed by atoms with E-state index in [-0.39, 0.29) is 12.5 Å². The van der Waals surface area contributed by atoms with Crippen LogP contribution in [0.3, 0.4) is 0 Å². The first-order valence-corrected chi connectivity index (χ1v) is 12.1.